The minimum absolute atomic E-state index is 0.272. The maximum absolute atomic E-state index is 13.3. The first-order valence-electron chi connectivity index (χ1n) is 8.44. The summed E-state index contributed by atoms with van der Waals surface area (Å²) in [5, 5.41) is 0. The van der Waals surface area contributed by atoms with E-state index < -0.39 is 17.7 Å². The molecule has 0 aliphatic heterocycles. The summed E-state index contributed by atoms with van der Waals surface area (Å²) in [5.41, 5.74) is 9.79. The Balaban J connectivity index is 1.74. The molecule has 2 aromatic carbocycles. The van der Waals surface area contributed by atoms with Gasteiger partial charge in [-0.15, -0.1) is 17.9 Å². The Morgan fingerprint density at radius 3 is 2.70 bits per heavy atom. The fourth-order valence-electron chi connectivity index (χ4n) is 2.87. The first kappa shape index (κ1) is 19.1. The predicted molar refractivity (Wildman–Crippen MR) is 105 cm³/mol. The monoisotopic (exact) mass is 387 g/mol. The highest BCUT2D eigenvalue weighted by atomic mass is 32.1. The molecule has 2 N–H and O–H groups in total. The van der Waals surface area contributed by atoms with Crippen molar-refractivity contribution in [1.29, 1.82) is 0 Å². The number of hydrogen-bond donors (Lipinski definition) is 1. The molecule has 0 saturated carbocycles. The SMILES string of the molecule is C=CCN(C(=O)[C@@H](N)CCc1cc(F)cc(F)c1)c1ccc2scnc2c1. The molecule has 3 rings (SSSR count). The van der Waals surface area contributed by atoms with Crippen LogP contribution in [-0.2, 0) is 11.2 Å². The number of nitrogens with zero attached hydrogens (tertiary/aromatic N) is 2. The second-order valence-electron chi connectivity index (χ2n) is 6.16. The Bertz CT molecular complexity index is 953. The summed E-state index contributed by atoms with van der Waals surface area (Å²) in [6, 6.07) is 8.10. The lowest BCUT2D eigenvalue weighted by Crippen LogP contribution is -2.44. The molecule has 0 bridgehead atoms. The third kappa shape index (κ3) is 4.56. The topological polar surface area (TPSA) is 59.2 Å². The van der Waals surface area contributed by atoms with E-state index in [4.69, 9.17) is 5.73 Å². The van der Waals surface area contributed by atoms with Crippen molar-refractivity contribution in [3.05, 3.63) is 71.8 Å². The number of halogens is 2. The van der Waals surface area contributed by atoms with Crippen molar-refractivity contribution in [2.75, 3.05) is 11.4 Å². The normalized spacial score (nSPS) is 12.1. The molecular weight excluding hydrogens is 368 g/mol. The van der Waals surface area contributed by atoms with E-state index in [0.717, 1.165) is 16.3 Å². The van der Waals surface area contributed by atoms with E-state index in [1.807, 2.05) is 18.2 Å². The van der Waals surface area contributed by atoms with E-state index in [2.05, 4.69) is 11.6 Å². The van der Waals surface area contributed by atoms with Crippen LogP contribution in [0.5, 0.6) is 0 Å². The van der Waals surface area contributed by atoms with Gasteiger partial charge in [0.15, 0.2) is 0 Å². The average molecular weight is 387 g/mol. The molecule has 0 radical (unpaired) electrons. The molecule has 3 aromatic rings. The number of hydrogen-bond acceptors (Lipinski definition) is 4. The number of benzene rings is 2. The highest BCUT2D eigenvalue weighted by molar-refractivity contribution is 7.16. The summed E-state index contributed by atoms with van der Waals surface area (Å²) in [5.74, 6) is -1.56. The van der Waals surface area contributed by atoms with E-state index in [0.29, 0.717) is 24.2 Å². The van der Waals surface area contributed by atoms with Crippen molar-refractivity contribution in [1.82, 2.24) is 4.98 Å². The van der Waals surface area contributed by atoms with Gasteiger partial charge in [-0.05, 0) is 48.7 Å². The van der Waals surface area contributed by atoms with Gasteiger partial charge in [-0.1, -0.05) is 6.08 Å². The van der Waals surface area contributed by atoms with E-state index in [1.54, 1.807) is 16.5 Å². The molecule has 0 aliphatic rings. The number of carbonyl (C=O) groups excluding carboxylic acids is 1. The quantitative estimate of drug-likeness (QED) is 0.622. The van der Waals surface area contributed by atoms with Gasteiger partial charge in [0.2, 0.25) is 5.91 Å². The Hall–Kier alpha value is -2.64. The predicted octanol–water partition coefficient (Wildman–Crippen LogP) is 4.05. The summed E-state index contributed by atoms with van der Waals surface area (Å²) < 4.78 is 27.6. The standard InChI is InChI=1S/C20H19F2N3OS/c1-2-7-25(16-4-6-19-18(11-16)24-12-27-19)20(26)17(23)5-3-13-8-14(21)10-15(22)9-13/h2,4,6,8-12,17H,1,3,5,7,23H2/t17-/m0/s1. The number of thiazole rings is 1. The molecule has 0 fully saturated rings. The van der Waals surface area contributed by atoms with Gasteiger partial charge in [0.05, 0.1) is 21.8 Å². The molecule has 1 amide bonds. The Kier molecular flexibility index (Phi) is 5.93. The van der Waals surface area contributed by atoms with Crippen molar-refractivity contribution >= 4 is 33.1 Å². The Labute approximate surface area is 159 Å². The molecule has 27 heavy (non-hydrogen) atoms. The van der Waals surface area contributed by atoms with Crippen molar-refractivity contribution in [3.63, 3.8) is 0 Å². The first-order valence-corrected chi connectivity index (χ1v) is 9.32. The maximum Gasteiger partial charge on any atom is 0.244 e. The van der Waals surface area contributed by atoms with Gasteiger partial charge in [-0.3, -0.25) is 4.79 Å². The van der Waals surface area contributed by atoms with E-state index in [-0.39, 0.29) is 12.3 Å². The van der Waals surface area contributed by atoms with Crippen LogP contribution in [0.1, 0.15) is 12.0 Å². The summed E-state index contributed by atoms with van der Waals surface area (Å²) in [7, 11) is 0. The average Bonchev–Trinajstić information content (AvgIpc) is 3.10. The second-order valence-corrected chi connectivity index (χ2v) is 7.05. The summed E-state index contributed by atoms with van der Waals surface area (Å²) >= 11 is 1.52. The second kappa shape index (κ2) is 8.37. The van der Waals surface area contributed by atoms with Crippen LogP contribution in [0.2, 0.25) is 0 Å². The first-order chi connectivity index (χ1) is 13.0. The summed E-state index contributed by atoms with van der Waals surface area (Å²) in [6.45, 7) is 4.00. The molecule has 0 unspecified atom stereocenters. The number of rotatable bonds is 7. The largest absolute Gasteiger partial charge is 0.320 e. The molecule has 0 saturated heterocycles. The summed E-state index contributed by atoms with van der Waals surface area (Å²) in [6.07, 6.45) is 2.20. The van der Waals surface area contributed by atoms with Crippen LogP contribution in [0.3, 0.4) is 0 Å². The molecule has 4 nitrogen and oxygen atoms in total. The highest BCUT2D eigenvalue weighted by Gasteiger charge is 2.22. The van der Waals surface area contributed by atoms with E-state index >= 15 is 0 Å². The third-order valence-corrected chi connectivity index (χ3v) is 5.00. The zero-order valence-corrected chi connectivity index (χ0v) is 15.4. The molecule has 1 atom stereocenters. The minimum atomic E-state index is -0.803. The fourth-order valence-corrected chi connectivity index (χ4v) is 3.53. The van der Waals surface area contributed by atoms with Crippen molar-refractivity contribution in [3.8, 4) is 0 Å². The van der Waals surface area contributed by atoms with Gasteiger partial charge in [-0.25, -0.2) is 13.8 Å². The van der Waals surface area contributed by atoms with Crippen LogP contribution in [0, 0.1) is 11.6 Å². The van der Waals surface area contributed by atoms with Crippen LogP contribution in [-0.4, -0.2) is 23.5 Å². The van der Waals surface area contributed by atoms with Gasteiger partial charge in [0.1, 0.15) is 11.6 Å². The van der Waals surface area contributed by atoms with Crippen molar-refractivity contribution in [2.24, 2.45) is 5.73 Å². The molecular formula is C20H19F2N3OS. The van der Waals surface area contributed by atoms with Gasteiger partial charge >= 0.3 is 0 Å². The van der Waals surface area contributed by atoms with Gasteiger partial charge in [0, 0.05) is 18.3 Å². The van der Waals surface area contributed by atoms with Gasteiger partial charge in [0.25, 0.3) is 0 Å². The van der Waals surface area contributed by atoms with Crippen molar-refractivity contribution < 1.29 is 13.6 Å². The molecule has 1 heterocycles. The lowest BCUT2D eigenvalue weighted by atomic mass is 10.0. The van der Waals surface area contributed by atoms with Crippen LogP contribution in [0.15, 0.2) is 54.6 Å². The van der Waals surface area contributed by atoms with Crippen LogP contribution >= 0.6 is 11.3 Å². The van der Waals surface area contributed by atoms with Crippen LogP contribution in [0.25, 0.3) is 10.2 Å². The van der Waals surface area contributed by atoms with Crippen LogP contribution < -0.4 is 10.6 Å². The van der Waals surface area contributed by atoms with Gasteiger partial charge < -0.3 is 10.6 Å². The zero-order valence-electron chi connectivity index (χ0n) is 14.6. The number of amides is 1. The minimum Gasteiger partial charge on any atom is -0.320 e. The molecule has 0 aliphatic carbocycles. The number of fused-ring (bicyclic) bond motifs is 1. The highest BCUT2D eigenvalue weighted by Crippen LogP contribution is 2.25. The van der Waals surface area contributed by atoms with E-state index in [1.165, 1.54) is 23.5 Å². The van der Waals surface area contributed by atoms with Gasteiger partial charge in [-0.2, -0.15) is 0 Å². The number of aromatic nitrogens is 1. The molecule has 1 aromatic heterocycles. The number of aryl methyl sites for hydroxylation is 1. The number of nitrogens with two attached hydrogens (primary N) is 1. The zero-order chi connectivity index (χ0) is 19.4. The van der Waals surface area contributed by atoms with Crippen molar-refractivity contribution in [2.45, 2.75) is 18.9 Å². The smallest absolute Gasteiger partial charge is 0.244 e. The van der Waals surface area contributed by atoms with Crippen LogP contribution in [0.4, 0.5) is 14.5 Å². The fraction of sp³-hybridized carbons (Fsp3) is 0.200. The number of carbonyl (C=O) groups is 1. The third-order valence-electron chi connectivity index (χ3n) is 4.19. The Morgan fingerprint density at radius 2 is 2.00 bits per heavy atom. The maximum atomic E-state index is 13.3. The number of anilines is 1. The lowest BCUT2D eigenvalue weighted by Gasteiger charge is -2.24. The molecule has 7 heteroatoms. The molecule has 0 spiro atoms. The Morgan fingerprint density at radius 1 is 1.26 bits per heavy atom. The molecule has 140 valence electrons. The van der Waals surface area contributed by atoms with E-state index in [9.17, 15) is 13.6 Å². The summed E-state index contributed by atoms with van der Waals surface area (Å²) in [4.78, 5) is 18.7. The lowest BCUT2D eigenvalue weighted by molar-refractivity contribution is -0.119.